The molecule has 2 N–H and O–H groups in total. The summed E-state index contributed by atoms with van der Waals surface area (Å²) in [6.45, 7) is 1.99. The zero-order valence-corrected chi connectivity index (χ0v) is 15.4. The summed E-state index contributed by atoms with van der Waals surface area (Å²) in [7, 11) is 0. The topological polar surface area (TPSA) is 67.4 Å². The van der Waals surface area contributed by atoms with Crippen molar-refractivity contribution >= 4 is 11.8 Å². The summed E-state index contributed by atoms with van der Waals surface area (Å²) < 4.78 is 5.59. The van der Waals surface area contributed by atoms with Crippen LogP contribution in [-0.2, 0) is 9.53 Å². The molecule has 1 unspecified atom stereocenters. The zero-order valence-electron chi connectivity index (χ0n) is 15.4. The molecule has 1 aliphatic carbocycles. The Morgan fingerprint density at radius 3 is 2.33 bits per heavy atom. The average Bonchev–Trinajstić information content (AvgIpc) is 3.54. The van der Waals surface area contributed by atoms with Gasteiger partial charge >= 0.3 is 0 Å². The number of ether oxygens (including phenoxy) is 1. The lowest BCUT2D eigenvalue weighted by molar-refractivity contribution is -0.123. The SMILES string of the molecule is O=C(NC(C(=O)NCCCOCC1CC1)c1ccccc1)c1ccccc1. The fraction of sp³-hybridized carbons (Fsp3) is 0.364. The highest BCUT2D eigenvalue weighted by Crippen LogP contribution is 2.28. The van der Waals surface area contributed by atoms with Gasteiger partial charge in [-0.2, -0.15) is 0 Å². The molecule has 0 spiro atoms. The van der Waals surface area contributed by atoms with Gasteiger partial charge in [-0.05, 0) is 42.9 Å². The maximum absolute atomic E-state index is 12.7. The summed E-state index contributed by atoms with van der Waals surface area (Å²) in [5.41, 5.74) is 1.28. The van der Waals surface area contributed by atoms with Gasteiger partial charge in [0.05, 0.1) is 0 Å². The third-order valence-electron chi connectivity index (χ3n) is 4.52. The lowest BCUT2D eigenvalue weighted by atomic mass is 10.1. The highest BCUT2D eigenvalue weighted by Gasteiger charge is 2.23. The lowest BCUT2D eigenvalue weighted by Gasteiger charge is -2.19. The maximum Gasteiger partial charge on any atom is 0.252 e. The molecular weight excluding hydrogens is 340 g/mol. The Morgan fingerprint density at radius 1 is 1.00 bits per heavy atom. The minimum absolute atomic E-state index is 0.215. The molecule has 3 rings (SSSR count). The van der Waals surface area contributed by atoms with E-state index in [2.05, 4.69) is 10.6 Å². The summed E-state index contributed by atoms with van der Waals surface area (Å²) in [5.74, 6) is 0.260. The first-order valence-electron chi connectivity index (χ1n) is 9.50. The molecule has 2 aromatic carbocycles. The summed E-state index contributed by atoms with van der Waals surface area (Å²) >= 11 is 0. The first-order valence-corrected chi connectivity index (χ1v) is 9.50. The second kappa shape index (κ2) is 9.88. The van der Waals surface area contributed by atoms with Crippen LogP contribution in [-0.4, -0.2) is 31.6 Å². The fourth-order valence-electron chi connectivity index (χ4n) is 2.77. The van der Waals surface area contributed by atoms with E-state index in [-0.39, 0.29) is 11.8 Å². The molecule has 1 saturated carbocycles. The predicted octanol–water partition coefficient (Wildman–Crippen LogP) is 3.09. The van der Waals surface area contributed by atoms with Gasteiger partial charge in [0.15, 0.2) is 0 Å². The molecule has 2 aromatic rings. The molecule has 1 fully saturated rings. The summed E-state index contributed by atoms with van der Waals surface area (Å²) in [6.07, 6.45) is 3.31. The fourth-order valence-corrected chi connectivity index (χ4v) is 2.77. The van der Waals surface area contributed by atoms with Gasteiger partial charge in [0.1, 0.15) is 6.04 Å². The van der Waals surface area contributed by atoms with Crippen LogP contribution in [0.25, 0.3) is 0 Å². The van der Waals surface area contributed by atoms with E-state index in [1.165, 1.54) is 12.8 Å². The summed E-state index contributed by atoms with van der Waals surface area (Å²) in [4.78, 5) is 25.2. The van der Waals surface area contributed by atoms with Crippen LogP contribution in [0.4, 0.5) is 0 Å². The van der Waals surface area contributed by atoms with E-state index in [0.717, 1.165) is 24.5 Å². The van der Waals surface area contributed by atoms with Crippen molar-refractivity contribution in [2.24, 2.45) is 5.92 Å². The van der Waals surface area contributed by atoms with E-state index in [0.29, 0.717) is 18.7 Å². The van der Waals surface area contributed by atoms with Crippen molar-refractivity contribution in [3.05, 3.63) is 71.8 Å². The molecule has 5 heteroatoms. The Morgan fingerprint density at radius 2 is 1.67 bits per heavy atom. The molecule has 5 nitrogen and oxygen atoms in total. The quantitative estimate of drug-likeness (QED) is 0.635. The molecule has 0 radical (unpaired) electrons. The predicted molar refractivity (Wildman–Crippen MR) is 104 cm³/mol. The normalized spacial score (nSPS) is 14.4. The van der Waals surface area contributed by atoms with E-state index >= 15 is 0 Å². The van der Waals surface area contributed by atoms with Gasteiger partial charge in [0, 0.05) is 25.3 Å². The lowest BCUT2D eigenvalue weighted by Crippen LogP contribution is -2.40. The number of amides is 2. The molecule has 1 aliphatic rings. The van der Waals surface area contributed by atoms with E-state index in [4.69, 9.17) is 4.74 Å². The van der Waals surface area contributed by atoms with Gasteiger partial charge < -0.3 is 15.4 Å². The molecular formula is C22H26N2O3. The highest BCUT2D eigenvalue weighted by molar-refractivity contribution is 5.97. The van der Waals surface area contributed by atoms with Crippen LogP contribution in [0.15, 0.2) is 60.7 Å². The average molecular weight is 366 g/mol. The van der Waals surface area contributed by atoms with E-state index in [1.807, 2.05) is 36.4 Å². The van der Waals surface area contributed by atoms with Crippen molar-refractivity contribution in [2.75, 3.05) is 19.8 Å². The van der Waals surface area contributed by atoms with E-state index in [9.17, 15) is 9.59 Å². The maximum atomic E-state index is 12.7. The Kier molecular flexibility index (Phi) is 6.99. The molecule has 2 amide bonds. The molecule has 0 saturated heterocycles. The van der Waals surface area contributed by atoms with Crippen LogP contribution < -0.4 is 10.6 Å². The van der Waals surface area contributed by atoms with Crippen molar-refractivity contribution in [1.29, 1.82) is 0 Å². The second-order valence-corrected chi connectivity index (χ2v) is 6.85. The Labute approximate surface area is 160 Å². The van der Waals surface area contributed by atoms with Gasteiger partial charge in [-0.15, -0.1) is 0 Å². The van der Waals surface area contributed by atoms with Gasteiger partial charge in [0.2, 0.25) is 5.91 Å². The number of hydrogen-bond donors (Lipinski definition) is 2. The van der Waals surface area contributed by atoms with Crippen molar-refractivity contribution in [3.8, 4) is 0 Å². The first kappa shape index (κ1) is 19.1. The van der Waals surface area contributed by atoms with Crippen LogP contribution in [0, 0.1) is 5.92 Å². The Balaban J connectivity index is 1.54. The standard InChI is InChI=1S/C22H26N2O3/c25-21(19-10-5-2-6-11-19)24-20(18-8-3-1-4-9-18)22(26)23-14-7-15-27-16-17-12-13-17/h1-6,8-11,17,20H,7,12-16H2,(H,23,26)(H,24,25). The third-order valence-corrected chi connectivity index (χ3v) is 4.52. The molecule has 27 heavy (non-hydrogen) atoms. The molecule has 1 atom stereocenters. The third kappa shape index (κ3) is 6.22. The highest BCUT2D eigenvalue weighted by atomic mass is 16.5. The van der Waals surface area contributed by atoms with E-state index in [1.54, 1.807) is 24.3 Å². The largest absolute Gasteiger partial charge is 0.381 e. The molecule has 0 heterocycles. The summed E-state index contributed by atoms with van der Waals surface area (Å²) in [6, 6.07) is 17.5. The summed E-state index contributed by atoms with van der Waals surface area (Å²) in [5, 5.41) is 5.75. The van der Waals surface area contributed by atoms with Crippen LogP contribution in [0.1, 0.15) is 41.2 Å². The van der Waals surface area contributed by atoms with Crippen LogP contribution >= 0.6 is 0 Å². The smallest absolute Gasteiger partial charge is 0.252 e. The monoisotopic (exact) mass is 366 g/mol. The van der Waals surface area contributed by atoms with Crippen LogP contribution in [0.5, 0.6) is 0 Å². The minimum atomic E-state index is -0.730. The second-order valence-electron chi connectivity index (χ2n) is 6.85. The minimum Gasteiger partial charge on any atom is -0.381 e. The number of hydrogen-bond acceptors (Lipinski definition) is 3. The van der Waals surface area contributed by atoms with Gasteiger partial charge in [-0.1, -0.05) is 48.5 Å². The van der Waals surface area contributed by atoms with E-state index < -0.39 is 6.04 Å². The van der Waals surface area contributed by atoms with Crippen molar-refractivity contribution in [3.63, 3.8) is 0 Å². The number of benzene rings is 2. The van der Waals surface area contributed by atoms with Gasteiger partial charge in [0.25, 0.3) is 5.91 Å². The molecule has 0 aromatic heterocycles. The zero-order chi connectivity index (χ0) is 18.9. The van der Waals surface area contributed by atoms with Crippen LogP contribution in [0.2, 0.25) is 0 Å². The number of nitrogens with one attached hydrogen (secondary N) is 2. The number of carbonyl (C=O) groups is 2. The number of rotatable bonds is 10. The molecule has 0 bridgehead atoms. The molecule has 142 valence electrons. The van der Waals surface area contributed by atoms with Gasteiger partial charge in [-0.3, -0.25) is 9.59 Å². The van der Waals surface area contributed by atoms with Crippen LogP contribution in [0.3, 0.4) is 0 Å². The van der Waals surface area contributed by atoms with Gasteiger partial charge in [-0.25, -0.2) is 0 Å². The van der Waals surface area contributed by atoms with Crippen molar-refractivity contribution in [2.45, 2.75) is 25.3 Å². The van der Waals surface area contributed by atoms with Crippen molar-refractivity contribution < 1.29 is 14.3 Å². The molecule has 0 aliphatic heterocycles. The number of carbonyl (C=O) groups excluding carboxylic acids is 2. The Hall–Kier alpha value is -2.66. The van der Waals surface area contributed by atoms with Crippen molar-refractivity contribution in [1.82, 2.24) is 10.6 Å². The first-order chi connectivity index (χ1) is 13.2. The Bertz CT molecular complexity index is 730.